The monoisotopic (exact) mass is 287 g/mol. The lowest BCUT2D eigenvalue weighted by Gasteiger charge is -2.32. The Morgan fingerprint density at radius 2 is 1.75 bits per heavy atom. The van der Waals surface area contributed by atoms with Crippen LogP contribution in [0, 0.1) is 0 Å². The van der Waals surface area contributed by atoms with E-state index in [4.69, 9.17) is 0 Å². The molecule has 112 valence electrons. The summed E-state index contributed by atoms with van der Waals surface area (Å²) in [6, 6.07) is 4.18. The molecule has 20 heavy (non-hydrogen) atoms. The van der Waals surface area contributed by atoms with Gasteiger partial charge in [-0.1, -0.05) is 0 Å². The van der Waals surface area contributed by atoms with E-state index in [2.05, 4.69) is 22.2 Å². The lowest BCUT2D eigenvalue weighted by Crippen LogP contribution is -2.43. The molecule has 0 unspecified atom stereocenters. The molecule has 0 saturated carbocycles. The number of piperazine rings is 1. The molecular formula is C14H20F3N3. The number of benzene rings is 1. The molecule has 0 radical (unpaired) electrons. The fourth-order valence-corrected chi connectivity index (χ4v) is 2.36. The molecule has 1 saturated heterocycles. The van der Waals surface area contributed by atoms with Crippen molar-refractivity contribution in [1.82, 2.24) is 9.80 Å². The van der Waals surface area contributed by atoms with E-state index >= 15 is 0 Å². The summed E-state index contributed by atoms with van der Waals surface area (Å²) in [5.41, 5.74) is 0.617. The van der Waals surface area contributed by atoms with Gasteiger partial charge in [-0.25, -0.2) is 0 Å². The number of rotatable bonds is 3. The number of alkyl halides is 3. The van der Waals surface area contributed by atoms with Crippen molar-refractivity contribution in [2.75, 3.05) is 45.6 Å². The van der Waals surface area contributed by atoms with Crippen LogP contribution in [0.15, 0.2) is 18.2 Å². The SMILES string of the molecule is CNc1cc(CN2CCN(C)CC2)cc(C(F)(F)F)c1. The number of anilines is 1. The molecule has 0 spiro atoms. The van der Waals surface area contributed by atoms with Gasteiger partial charge in [-0.05, 0) is 30.8 Å². The molecule has 1 aliphatic heterocycles. The summed E-state index contributed by atoms with van der Waals surface area (Å²) in [6.07, 6.45) is -4.30. The number of hydrogen-bond donors (Lipinski definition) is 1. The average Bonchev–Trinajstić information content (AvgIpc) is 2.40. The average molecular weight is 287 g/mol. The molecule has 0 bridgehead atoms. The zero-order chi connectivity index (χ0) is 14.8. The van der Waals surface area contributed by atoms with Crippen molar-refractivity contribution in [3.63, 3.8) is 0 Å². The van der Waals surface area contributed by atoms with E-state index in [0.717, 1.165) is 32.2 Å². The van der Waals surface area contributed by atoms with E-state index < -0.39 is 11.7 Å². The highest BCUT2D eigenvalue weighted by Crippen LogP contribution is 2.32. The second-order valence-electron chi connectivity index (χ2n) is 5.25. The predicted octanol–water partition coefficient (Wildman–Crippen LogP) is 2.49. The number of hydrogen-bond acceptors (Lipinski definition) is 3. The molecule has 6 heteroatoms. The quantitative estimate of drug-likeness (QED) is 0.921. The first-order chi connectivity index (χ1) is 9.38. The Morgan fingerprint density at radius 3 is 2.30 bits per heavy atom. The summed E-state index contributed by atoms with van der Waals surface area (Å²) in [5.74, 6) is 0. The number of halogens is 3. The van der Waals surface area contributed by atoms with Crippen LogP contribution < -0.4 is 5.32 Å². The Balaban J connectivity index is 2.14. The van der Waals surface area contributed by atoms with Crippen LogP contribution >= 0.6 is 0 Å². The van der Waals surface area contributed by atoms with Gasteiger partial charge in [-0.2, -0.15) is 13.2 Å². The van der Waals surface area contributed by atoms with Crippen molar-refractivity contribution in [3.05, 3.63) is 29.3 Å². The van der Waals surface area contributed by atoms with Gasteiger partial charge in [0, 0.05) is 45.5 Å². The third-order valence-electron chi connectivity index (χ3n) is 3.61. The van der Waals surface area contributed by atoms with E-state index in [1.54, 1.807) is 13.1 Å². The molecule has 1 aromatic carbocycles. The number of likely N-dealkylation sites (N-methyl/N-ethyl adjacent to an activating group) is 1. The van der Waals surface area contributed by atoms with Crippen molar-refractivity contribution in [3.8, 4) is 0 Å². The normalized spacial score (nSPS) is 18.2. The van der Waals surface area contributed by atoms with E-state index in [0.29, 0.717) is 17.8 Å². The van der Waals surface area contributed by atoms with Gasteiger partial charge in [0.2, 0.25) is 0 Å². The van der Waals surface area contributed by atoms with Gasteiger partial charge in [-0.15, -0.1) is 0 Å². The largest absolute Gasteiger partial charge is 0.416 e. The number of nitrogens with zero attached hydrogens (tertiary/aromatic N) is 2. The van der Waals surface area contributed by atoms with E-state index in [1.807, 2.05) is 0 Å². The van der Waals surface area contributed by atoms with Crippen LogP contribution in [0.25, 0.3) is 0 Å². The molecule has 1 heterocycles. The van der Waals surface area contributed by atoms with Gasteiger partial charge in [0.15, 0.2) is 0 Å². The second-order valence-corrected chi connectivity index (χ2v) is 5.25. The van der Waals surface area contributed by atoms with Crippen LogP contribution in [0.3, 0.4) is 0 Å². The standard InChI is InChI=1S/C14H20F3N3/c1-18-13-8-11(7-12(9-13)14(15,16)17)10-20-5-3-19(2)4-6-20/h7-9,18H,3-6,10H2,1-2H3. The van der Waals surface area contributed by atoms with Gasteiger partial charge in [0.1, 0.15) is 0 Å². The smallest absolute Gasteiger partial charge is 0.388 e. The molecular weight excluding hydrogens is 267 g/mol. The minimum atomic E-state index is -4.30. The van der Waals surface area contributed by atoms with E-state index in [9.17, 15) is 13.2 Å². The first-order valence-corrected chi connectivity index (χ1v) is 6.68. The summed E-state index contributed by atoms with van der Waals surface area (Å²) >= 11 is 0. The summed E-state index contributed by atoms with van der Waals surface area (Å²) in [6.45, 7) is 4.26. The summed E-state index contributed by atoms with van der Waals surface area (Å²) in [4.78, 5) is 4.41. The molecule has 0 aromatic heterocycles. The van der Waals surface area contributed by atoms with Gasteiger partial charge in [0.05, 0.1) is 5.56 Å². The Morgan fingerprint density at radius 1 is 1.10 bits per heavy atom. The minimum Gasteiger partial charge on any atom is -0.388 e. The lowest BCUT2D eigenvalue weighted by molar-refractivity contribution is -0.137. The molecule has 2 rings (SSSR count). The maximum Gasteiger partial charge on any atom is 0.416 e. The zero-order valence-corrected chi connectivity index (χ0v) is 11.8. The molecule has 1 aliphatic rings. The molecule has 0 amide bonds. The van der Waals surface area contributed by atoms with E-state index in [-0.39, 0.29) is 0 Å². The summed E-state index contributed by atoms with van der Waals surface area (Å²) in [5, 5.41) is 2.80. The molecule has 1 aromatic rings. The first kappa shape index (κ1) is 15.1. The predicted molar refractivity (Wildman–Crippen MR) is 73.8 cm³/mol. The first-order valence-electron chi connectivity index (χ1n) is 6.68. The zero-order valence-electron chi connectivity index (χ0n) is 11.8. The molecule has 3 nitrogen and oxygen atoms in total. The fraction of sp³-hybridized carbons (Fsp3) is 0.571. The van der Waals surface area contributed by atoms with E-state index in [1.165, 1.54) is 6.07 Å². The van der Waals surface area contributed by atoms with Gasteiger partial charge in [-0.3, -0.25) is 4.90 Å². The third kappa shape index (κ3) is 3.86. The highest BCUT2D eigenvalue weighted by atomic mass is 19.4. The molecule has 0 atom stereocenters. The number of nitrogens with one attached hydrogen (secondary N) is 1. The van der Waals surface area contributed by atoms with Gasteiger partial charge in [0.25, 0.3) is 0 Å². The van der Waals surface area contributed by atoms with Crippen LogP contribution in [0.2, 0.25) is 0 Å². The maximum absolute atomic E-state index is 12.9. The third-order valence-corrected chi connectivity index (χ3v) is 3.61. The maximum atomic E-state index is 12.9. The highest BCUT2D eigenvalue weighted by molar-refractivity contribution is 5.49. The van der Waals surface area contributed by atoms with Crippen molar-refractivity contribution < 1.29 is 13.2 Å². The van der Waals surface area contributed by atoms with Crippen LogP contribution in [0.5, 0.6) is 0 Å². The topological polar surface area (TPSA) is 18.5 Å². The van der Waals surface area contributed by atoms with Gasteiger partial charge < -0.3 is 10.2 Å². The molecule has 0 aliphatic carbocycles. The lowest BCUT2D eigenvalue weighted by atomic mass is 10.1. The van der Waals surface area contributed by atoms with Crippen molar-refractivity contribution in [2.45, 2.75) is 12.7 Å². The van der Waals surface area contributed by atoms with Crippen LogP contribution in [0.1, 0.15) is 11.1 Å². The summed E-state index contributed by atoms with van der Waals surface area (Å²) < 4.78 is 38.6. The minimum absolute atomic E-state index is 0.504. The molecule has 1 fully saturated rings. The van der Waals surface area contributed by atoms with Crippen molar-refractivity contribution in [2.24, 2.45) is 0 Å². The van der Waals surface area contributed by atoms with Crippen LogP contribution in [0.4, 0.5) is 18.9 Å². The Bertz CT molecular complexity index is 451. The Labute approximate surface area is 117 Å². The highest BCUT2D eigenvalue weighted by Gasteiger charge is 2.31. The van der Waals surface area contributed by atoms with Crippen molar-refractivity contribution >= 4 is 5.69 Å². The van der Waals surface area contributed by atoms with Crippen LogP contribution in [-0.2, 0) is 12.7 Å². The fourth-order valence-electron chi connectivity index (χ4n) is 2.36. The Kier molecular flexibility index (Phi) is 4.55. The van der Waals surface area contributed by atoms with Crippen LogP contribution in [-0.4, -0.2) is 50.1 Å². The summed E-state index contributed by atoms with van der Waals surface area (Å²) in [7, 11) is 3.69. The van der Waals surface area contributed by atoms with Crippen molar-refractivity contribution in [1.29, 1.82) is 0 Å². The van der Waals surface area contributed by atoms with Gasteiger partial charge >= 0.3 is 6.18 Å². The molecule has 1 N–H and O–H groups in total. The Hall–Kier alpha value is -1.27. The second kappa shape index (κ2) is 6.01.